The minimum absolute atomic E-state index is 0.0327. The van der Waals surface area contributed by atoms with Crippen molar-refractivity contribution in [1.82, 2.24) is 20.9 Å². The number of unbranched alkanes of at least 4 members (excludes halogenated alkanes) is 2. The second-order valence-corrected chi connectivity index (χ2v) is 8.70. The van der Waals surface area contributed by atoms with Crippen LogP contribution < -0.4 is 10.8 Å². The van der Waals surface area contributed by atoms with E-state index in [-0.39, 0.29) is 11.7 Å². The predicted molar refractivity (Wildman–Crippen MR) is 103 cm³/mol. The van der Waals surface area contributed by atoms with Gasteiger partial charge in [-0.1, -0.05) is 26.2 Å². The highest BCUT2D eigenvalue weighted by molar-refractivity contribution is 5.35. The minimum atomic E-state index is -0.503. The minimum Gasteiger partial charge on any atom is -0.367 e. The van der Waals surface area contributed by atoms with E-state index in [2.05, 4.69) is 17.7 Å². The van der Waals surface area contributed by atoms with Crippen LogP contribution in [0.25, 0.3) is 0 Å². The average molecular weight is 392 g/mol. The van der Waals surface area contributed by atoms with Crippen molar-refractivity contribution in [3.63, 3.8) is 0 Å². The molecule has 3 aliphatic heterocycles. The highest BCUT2D eigenvalue weighted by Gasteiger charge is 2.49. The molecular weight excluding hydrogens is 362 g/mol. The highest BCUT2D eigenvalue weighted by Crippen LogP contribution is 2.41. The maximum atomic E-state index is 13.0. The molecule has 9 heteroatoms. The van der Waals surface area contributed by atoms with Crippen molar-refractivity contribution in [1.29, 1.82) is 0 Å². The summed E-state index contributed by atoms with van der Waals surface area (Å²) in [5, 5.41) is 30.4. The monoisotopic (exact) mass is 392 g/mol. The summed E-state index contributed by atoms with van der Waals surface area (Å²) in [6.45, 7) is 8.16. The van der Waals surface area contributed by atoms with Gasteiger partial charge in [0.05, 0.1) is 11.1 Å². The Balaban J connectivity index is 1.78. The van der Waals surface area contributed by atoms with Gasteiger partial charge in [0.2, 0.25) is 0 Å². The van der Waals surface area contributed by atoms with Gasteiger partial charge in [-0.25, -0.2) is 5.48 Å². The van der Waals surface area contributed by atoms with Crippen molar-refractivity contribution in [2.24, 2.45) is 0 Å². The lowest BCUT2D eigenvalue weighted by atomic mass is 9.75. The van der Waals surface area contributed by atoms with Crippen LogP contribution in [0.2, 0.25) is 0 Å². The molecule has 155 valence electrons. The van der Waals surface area contributed by atoms with Crippen molar-refractivity contribution in [2.45, 2.75) is 83.3 Å². The van der Waals surface area contributed by atoms with Gasteiger partial charge in [-0.15, -0.1) is 15.2 Å². The van der Waals surface area contributed by atoms with Gasteiger partial charge in [0.25, 0.3) is 5.70 Å². The lowest BCUT2D eigenvalue weighted by molar-refractivity contribution is -0.424. The average Bonchev–Trinajstić information content (AvgIpc) is 3.10. The number of rotatable bonds is 7. The molecule has 28 heavy (non-hydrogen) atoms. The molecular formula is C19H30N5O4. The zero-order chi connectivity index (χ0) is 20.5. The second kappa shape index (κ2) is 7.73. The lowest BCUT2D eigenvalue weighted by Crippen LogP contribution is -2.63. The van der Waals surface area contributed by atoms with E-state index in [0.717, 1.165) is 25.7 Å². The zero-order valence-corrected chi connectivity index (χ0v) is 17.0. The molecule has 9 nitrogen and oxygen atoms in total. The van der Waals surface area contributed by atoms with Crippen molar-refractivity contribution in [3.8, 4) is 0 Å². The van der Waals surface area contributed by atoms with Crippen LogP contribution in [0.1, 0.15) is 66.2 Å². The Labute approximate surface area is 165 Å². The zero-order valence-electron chi connectivity index (χ0n) is 17.0. The van der Waals surface area contributed by atoms with Gasteiger partial charge >= 0.3 is 0 Å². The van der Waals surface area contributed by atoms with Gasteiger partial charge in [0.1, 0.15) is 5.82 Å². The first-order valence-corrected chi connectivity index (χ1v) is 9.91. The number of nitrogens with zero attached hydrogens (tertiary/aromatic N) is 3. The standard InChI is InChI=1S/C19H30N5O4/c1-5-6-7-10-19(4)12-14(11-18(2,3)24(19)27)21-17-9-8-15(23(25)26)16-13-20-28-22(16)17/h8-9,13-14,20-21H,5-7,10-12H2,1-4H3. The summed E-state index contributed by atoms with van der Waals surface area (Å²) >= 11 is 0. The molecule has 0 aromatic carbocycles. The number of hydrogen-bond acceptors (Lipinski definition) is 7. The molecule has 0 spiro atoms. The molecule has 3 aliphatic rings. The van der Waals surface area contributed by atoms with E-state index >= 15 is 0 Å². The molecule has 0 bridgehead atoms. The van der Waals surface area contributed by atoms with Crippen molar-refractivity contribution < 1.29 is 15.1 Å². The van der Waals surface area contributed by atoms with Gasteiger partial charge in [0.15, 0.2) is 5.70 Å². The van der Waals surface area contributed by atoms with Gasteiger partial charge in [0, 0.05) is 23.2 Å². The Morgan fingerprint density at radius 2 is 2.07 bits per heavy atom. The van der Waals surface area contributed by atoms with Crippen LogP contribution in [-0.2, 0) is 10.1 Å². The quantitative estimate of drug-likeness (QED) is 0.390. The van der Waals surface area contributed by atoms with E-state index in [1.807, 2.05) is 20.8 Å². The fraction of sp³-hybridized carbons (Fsp3) is 0.684. The molecule has 0 amide bonds. The molecule has 0 aromatic heterocycles. The molecule has 0 aromatic rings. The number of nitro groups is 1. The third-order valence-corrected chi connectivity index (χ3v) is 5.78. The van der Waals surface area contributed by atoms with Gasteiger partial charge in [-0.3, -0.25) is 10.1 Å². The molecule has 3 heterocycles. The number of nitrogens with one attached hydrogen (secondary N) is 2. The van der Waals surface area contributed by atoms with Crippen LogP contribution in [0.3, 0.4) is 0 Å². The summed E-state index contributed by atoms with van der Waals surface area (Å²) in [7, 11) is 0. The lowest BCUT2D eigenvalue weighted by Gasteiger charge is -2.52. The van der Waals surface area contributed by atoms with Crippen LogP contribution in [0, 0.1) is 10.1 Å². The normalized spacial score (nSPS) is 29.4. The summed E-state index contributed by atoms with van der Waals surface area (Å²) in [6.07, 6.45) is 10.1. The van der Waals surface area contributed by atoms with Crippen LogP contribution in [-0.4, -0.2) is 32.2 Å². The molecule has 3 rings (SSSR count). The van der Waals surface area contributed by atoms with E-state index in [1.54, 1.807) is 6.08 Å². The molecule has 2 atom stereocenters. The summed E-state index contributed by atoms with van der Waals surface area (Å²) in [4.78, 5) is 16.1. The topological polar surface area (TPSA) is 103 Å². The summed E-state index contributed by atoms with van der Waals surface area (Å²) < 4.78 is 0. The Bertz CT molecular complexity index is 717. The second-order valence-electron chi connectivity index (χ2n) is 8.70. The Kier molecular flexibility index (Phi) is 5.69. The third kappa shape index (κ3) is 3.87. The predicted octanol–water partition coefficient (Wildman–Crippen LogP) is 3.11. The number of allylic oxidation sites excluding steroid dienone is 2. The summed E-state index contributed by atoms with van der Waals surface area (Å²) in [6, 6.07) is 0.0501. The summed E-state index contributed by atoms with van der Waals surface area (Å²) in [5.74, 6) is 0.623. The van der Waals surface area contributed by atoms with E-state index in [9.17, 15) is 15.3 Å². The summed E-state index contributed by atoms with van der Waals surface area (Å²) in [5.41, 5.74) is 1.93. The molecule has 2 unspecified atom stereocenters. The fourth-order valence-electron chi connectivity index (χ4n) is 4.54. The van der Waals surface area contributed by atoms with Gasteiger partial charge in [-0.05, 0) is 46.1 Å². The molecule has 0 aliphatic carbocycles. The maximum Gasteiger partial charge on any atom is 0.297 e. The van der Waals surface area contributed by atoms with Crippen LogP contribution in [0.15, 0.2) is 35.6 Å². The van der Waals surface area contributed by atoms with Crippen LogP contribution in [0.4, 0.5) is 0 Å². The van der Waals surface area contributed by atoms with Crippen LogP contribution >= 0.6 is 0 Å². The van der Waals surface area contributed by atoms with Gasteiger partial charge < -0.3 is 5.32 Å². The Hall–Kier alpha value is -2.10. The van der Waals surface area contributed by atoms with E-state index in [4.69, 9.17) is 4.94 Å². The Morgan fingerprint density at radius 1 is 1.32 bits per heavy atom. The highest BCUT2D eigenvalue weighted by atomic mass is 16.8. The van der Waals surface area contributed by atoms with E-state index in [0.29, 0.717) is 24.4 Å². The fourth-order valence-corrected chi connectivity index (χ4v) is 4.54. The molecule has 2 N–H and O–H groups in total. The molecule has 0 saturated carbocycles. The molecule has 1 saturated heterocycles. The number of fused-ring (bicyclic) bond motifs is 1. The van der Waals surface area contributed by atoms with Crippen LogP contribution in [0.5, 0.6) is 0 Å². The van der Waals surface area contributed by atoms with Gasteiger partial charge in [-0.2, -0.15) is 5.06 Å². The SMILES string of the molecule is CCCCCC1(C)CC(NC2=CC=C([N+](=O)[O-])C3=CNON23)CC(C)(C)N1[O]. The van der Waals surface area contributed by atoms with Crippen molar-refractivity contribution in [2.75, 3.05) is 0 Å². The van der Waals surface area contributed by atoms with E-state index in [1.165, 1.54) is 22.4 Å². The molecule has 1 radical (unpaired) electrons. The first-order valence-electron chi connectivity index (χ1n) is 9.91. The first-order chi connectivity index (χ1) is 13.2. The van der Waals surface area contributed by atoms with E-state index < -0.39 is 16.0 Å². The molecule has 1 fully saturated rings. The number of hydroxylamine groups is 5. The third-order valence-electron chi connectivity index (χ3n) is 5.78. The smallest absolute Gasteiger partial charge is 0.297 e. The number of hydrogen-bond donors (Lipinski definition) is 2. The largest absolute Gasteiger partial charge is 0.367 e. The Morgan fingerprint density at radius 3 is 2.75 bits per heavy atom. The number of piperidine rings is 1. The van der Waals surface area contributed by atoms with Crippen molar-refractivity contribution >= 4 is 0 Å². The van der Waals surface area contributed by atoms with Crippen molar-refractivity contribution in [3.05, 3.63) is 45.7 Å². The maximum absolute atomic E-state index is 13.0. The first kappa shape index (κ1) is 20.6.